The number of aliphatic hydroxyl groups is 1. The Labute approximate surface area is 96.9 Å². The summed E-state index contributed by atoms with van der Waals surface area (Å²) in [5.74, 6) is 0.328. The van der Waals surface area contributed by atoms with Gasteiger partial charge in [-0.25, -0.2) is 18.7 Å². The van der Waals surface area contributed by atoms with Crippen LogP contribution >= 0.6 is 11.6 Å². The van der Waals surface area contributed by atoms with Gasteiger partial charge in [-0.05, 0) is 18.5 Å². The number of aromatic nitrogens is 2. The van der Waals surface area contributed by atoms with Crippen molar-refractivity contribution in [3.63, 3.8) is 0 Å². The Morgan fingerprint density at radius 2 is 2.25 bits per heavy atom. The zero-order chi connectivity index (χ0) is 12.1. The SMILES string of the molecule is Cc1cnc(Cl)nc1N(CCO)CC(F)F. The van der Waals surface area contributed by atoms with E-state index in [2.05, 4.69) is 9.97 Å². The summed E-state index contributed by atoms with van der Waals surface area (Å²) >= 11 is 5.60. The zero-order valence-electron chi connectivity index (χ0n) is 8.70. The third-order valence-corrected chi connectivity index (χ3v) is 2.13. The molecule has 0 saturated carbocycles. The van der Waals surface area contributed by atoms with E-state index in [0.29, 0.717) is 11.4 Å². The van der Waals surface area contributed by atoms with E-state index in [1.54, 1.807) is 6.92 Å². The standard InChI is InChI=1S/C9H12ClF2N3O/c1-6-4-13-9(10)14-8(6)15(2-3-16)5-7(11)12/h4,7,16H,2-3,5H2,1H3. The van der Waals surface area contributed by atoms with Crippen LogP contribution in [-0.4, -0.2) is 41.2 Å². The van der Waals surface area contributed by atoms with E-state index >= 15 is 0 Å². The van der Waals surface area contributed by atoms with E-state index in [4.69, 9.17) is 16.7 Å². The molecule has 0 radical (unpaired) electrons. The Morgan fingerprint density at radius 3 is 2.81 bits per heavy atom. The summed E-state index contributed by atoms with van der Waals surface area (Å²) in [7, 11) is 0. The first-order chi connectivity index (χ1) is 7.54. The highest BCUT2D eigenvalue weighted by Crippen LogP contribution is 2.18. The molecule has 0 aliphatic heterocycles. The summed E-state index contributed by atoms with van der Waals surface area (Å²) in [6.45, 7) is 1.06. The monoisotopic (exact) mass is 251 g/mol. The molecule has 0 saturated heterocycles. The minimum atomic E-state index is -2.50. The number of aliphatic hydroxyl groups excluding tert-OH is 1. The van der Waals surface area contributed by atoms with Gasteiger partial charge in [-0.15, -0.1) is 0 Å². The van der Waals surface area contributed by atoms with Crippen molar-refractivity contribution in [2.24, 2.45) is 0 Å². The van der Waals surface area contributed by atoms with Crippen LogP contribution in [0.4, 0.5) is 14.6 Å². The van der Waals surface area contributed by atoms with Gasteiger partial charge in [-0.1, -0.05) is 0 Å². The third kappa shape index (κ3) is 3.53. The Bertz CT molecular complexity index is 352. The molecular formula is C9H12ClF2N3O. The van der Waals surface area contributed by atoms with Crippen molar-refractivity contribution in [3.05, 3.63) is 17.0 Å². The number of hydrogen-bond acceptors (Lipinski definition) is 4. The lowest BCUT2D eigenvalue weighted by molar-refractivity contribution is 0.152. The van der Waals surface area contributed by atoms with E-state index in [-0.39, 0.29) is 18.4 Å². The summed E-state index contributed by atoms with van der Waals surface area (Å²) < 4.78 is 24.7. The predicted molar refractivity (Wildman–Crippen MR) is 57.1 cm³/mol. The van der Waals surface area contributed by atoms with Crippen molar-refractivity contribution in [3.8, 4) is 0 Å². The number of nitrogens with zero attached hydrogens (tertiary/aromatic N) is 3. The van der Waals surface area contributed by atoms with Crippen molar-refractivity contribution in [1.82, 2.24) is 9.97 Å². The molecule has 4 nitrogen and oxygen atoms in total. The number of hydrogen-bond donors (Lipinski definition) is 1. The summed E-state index contributed by atoms with van der Waals surface area (Å²) in [6, 6.07) is 0. The van der Waals surface area contributed by atoms with Crippen LogP contribution in [0.15, 0.2) is 6.20 Å². The number of anilines is 1. The third-order valence-electron chi connectivity index (χ3n) is 1.94. The molecule has 0 fully saturated rings. The summed E-state index contributed by atoms with van der Waals surface area (Å²) in [4.78, 5) is 8.90. The zero-order valence-corrected chi connectivity index (χ0v) is 9.45. The Morgan fingerprint density at radius 1 is 1.56 bits per heavy atom. The van der Waals surface area contributed by atoms with Gasteiger partial charge in [-0.3, -0.25) is 0 Å². The van der Waals surface area contributed by atoms with Crippen LogP contribution in [0.25, 0.3) is 0 Å². The Hall–Kier alpha value is -1.01. The van der Waals surface area contributed by atoms with Gasteiger partial charge in [0.2, 0.25) is 5.28 Å². The molecule has 1 aromatic rings. The van der Waals surface area contributed by atoms with E-state index < -0.39 is 13.0 Å². The van der Waals surface area contributed by atoms with Gasteiger partial charge in [0.05, 0.1) is 13.2 Å². The molecule has 1 heterocycles. The molecule has 0 aliphatic rings. The largest absolute Gasteiger partial charge is 0.395 e. The first-order valence-corrected chi connectivity index (χ1v) is 5.05. The van der Waals surface area contributed by atoms with E-state index in [0.717, 1.165) is 0 Å². The van der Waals surface area contributed by atoms with E-state index in [1.165, 1.54) is 11.1 Å². The lowest BCUT2D eigenvalue weighted by Crippen LogP contribution is -2.33. The average Bonchev–Trinajstić information content (AvgIpc) is 2.20. The number of aryl methyl sites for hydroxylation is 1. The molecule has 16 heavy (non-hydrogen) atoms. The molecule has 0 unspecified atom stereocenters. The minimum absolute atomic E-state index is 0.00203. The van der Waals surface area contributed by atoms with Crippen LogP contribution in [0.1, 0.15) is 5.56 Å². The van der Waals surface area contributed by atoms with Gasteiger partial charge in [0.25, 0.3) is 6.43 Å². The molecule has 1 rings (SSSR count). The second-order valence-electron chi connectivity index (χ2n) is 3.21. The Kier molecular flexibility index (Phi) is 4.82. The molecule has 0 amide bonds. The molecule has 1 N–H and O–H groups in total. The number of alkyl halides is 2. The maximum atomic E-state index is 12.3. The van der Waals surface area contributed by atoms with Crippen LogP contribution in [0, 0.1) is 6.92 Å². The first kappa shape index (κ1) is 13.1. The topological polar surface area (TPSA) is 49.2 Å². The second kappa shape index (κ2) is 5.91. The molecule has 0 aromatic carbocycles. The van der Waals surface area contributed by atoms with Crippen molar-refractivity contribution in [2.75, 3.05) is 24.6 Å². The van der Waals surface area contributed by atoms with Gasteiger partial charge < -0.3 is 10.0 Å². The quantitative estimate of drug-likeness (QED) is 0.806. The highest BCUT2D eigenvalue weighted by Gasteiger charge is 2.16. The van der Waals surface area contributed by atoms with E-state index in [9.17, 15) is 8.78 Å². The maximum absolute atomic E-state index is 12.3. The molecule has 7 heteroatoms. The van der Waals surface area contributed by atoms with Crippen LogP contribution < -0.4 is 4.90 Å². The molecule has 0 atom stereocenters. The Balaban J connectivity index is 2.94. The lowest BCUT2D eigenvalue weighted by Gasteiger charge is -2.23. The highest BCUT2D eigenvalue weighted by molar-refractivity contribution is 6.28. The molecular weight excluding hydrogens is 240 g/mol. The lowest BCUT2D eigenvalue weighted by atomic mass is 10.3. The number of rotatable bonds is 5. The van der Waals surface area contributed by atoms with Crippen LogP contribution in [-0.2, 0) is 0 Å². The molecule has 0 aliphatic carbocycles. The summed E-state index contributed by atoms with van der Waals surface area (Å²) in [6.07, 6.45) is -1.04. The number of halogens is 3. The molecule has 0 bridgehead atoms. The van der Waals surface area contributed by atoms with Gasteiger partial charge >= 0.3 is 0 Å². The predicted octanol–water partition coefficient (Wildman–Crippen LogP) is 1.50. The van der Waals surface area contributed by atoms with Gasteiger partial charge in [0.15, 0.2) is 0 Å². The van der Waals surface area contributed by atoms with Crippen LogP contribution in [0.5, 0.6) is 0 Å². The fraction of sp³-hybridized carbons (Fsp3) is 0.556. The smallest absolute Gasteiger partial charge is 0.255 e. The first-order valence-electron chi connectivity index (χ1n) is 4.67. The molecule has 90 valence electrons. The summed E-state index contributed by atoms with van der Waals surface area (Å²) in [5, 5.41) is 8.81. The van der Waals surface area contributed by atoms with Crippen molar-refractivity contribution in [2.45, 2.75) is 13.3 Å². The normalized spacial score (nSPS) is 10.9. The average molecular weight is 252 g/mol. The fourth-order valence-electron chi connectivity index (χ4n) is 1.30. The van der Waals surface area contributed by atoms with Crippen molar-refractivity contribution in [1.29, 1.82) is 0 Å². The van der Waals surface area contributed by atoms with Crippen LogP contribution in [0.3, 0.4) is 0 Å². The van der Waals surface area contributed by atoms with Crippen LogP contribution in [0.2, 0.25) is 5.28 Å². The molecule has 0 spiro atoms. The fourth-order valence-corrected chi connectivity index (χ4v) is 1.43. The van der Waals surface area contributed by atoms with Crippen molar-refractivity contribution >= 4 is 17.4 Å². The van der Waals surface area contributed by atoms with Gasteiger partial charge in [0.1, 0.15) is 5.82 Å². The van der Waals surface area contributed by atoms with Gasteiger partial charge in [-0.2, -0.15) is 0 Å². The minimum Gasteiger partial charge on any atom is -0.395 e. The summed E-state index contributed by atoms with van der Waals surface area (Å²) in [5.41, 5.74) is 0.638. The molecule has 1 aromatic heterocycles. The highest BCUT2D eigenvalue weighted by atomic mass is 35.5. The van der Waals surface area contributed by atoms with Crippen molar-refractivity contribution < 1.29 is 13.9 Å². The second-order valence-corrected chi connectivity index (χ2v) is 3.54. The van der Waals surface area contributed by atoms with E-state index in [1.807, 2.05) is 0 Å². The van der Waals surface area contributed by atoms with Gasteiger partial charge in [0, 0.05) is 18.3 Å². The maximum Gasteiger partial charge on any atom is 0.255 e.